The average Bonchev–Trinajstić information content (AvgIpc) is 3.40. The molecule has 10 heteroatoms. The van der Waals surface area contributed by atoms with Crippen LogP contribution in [0.1, 0.15) is 16.2 Å². The number of carbonyl (C=O) groups excluding carboxylic acids is 2. The van der Waals surface area contributed by atoms with Crippen molar-refractivity contribution >= 4 is 28.4 Å². The van der Waals surface area contributed by atoms with E-state index in [0.29, 0.717) is 17.1 Å². The summed E-state index contributed by atoms with van der Waals surface area (Å²) in [6.45, 7) is 5.36. The van der Waals surface area contributed by atoms with Crippen LogP contribution in [0.4, 0.5) is 5.69 Å². The van der Waals surface area contributed by atoms with E-state index in [0.717, 1.165) is 48.3 Å². The van der Waals surface area contributed by atoms with E-state index in [1.807, 2.05) is 55.5 Å². The van der Waals surface area contributed by atoms with E-state index in [-0.39, 0.29) is 18.4 Å². The highest BCUT2D eigenvalue weighted by atomic mass is 16.2. The Kier molecular flexibility index (Phi) is 6.04. The van der Waals surface area contributed by atoms with Crippen LogP contribution in [-0.4, -0.2) is 79.4 Å². The highest BCUT2D eigenvalue weighted by molar-refractivity contribution is 6.04. The maximum atomic E-state index is 12.9. The van der Waals surface area contributed by atoms with Crippen molar-refractivity contribution in [2.24, 2.45) is 7.05 Å². The normalized spacial score (nSPS) is 14.4. The number of carbonyl (C=O) groups is 2. The van der Waals surface area contributed by atoms with Crippen molar-refractivity contribution < 1.29 is 9.59 Å². The predicted octanol–water partition coefficient (Wildman–Crippen LogP) is 2.17. The van der Waals surface area contributed by atoms with Crippen LogP contribution in [0.3, 0.4) is 0 Å². The number of aryl methyl sites for hydroxylation is 2. The Morgan fingerprint density at radius 1 is 1.00 bits per heavy atom. The molecule has 4 aromatic rings. The molecule has 0 aliphatic carbocycles. The van der Waals surface area contributed by atoms with E-state index >= 15 is 0 Å². The topological polar surface area (TPSA) is 101 Å². The number of hydrogen-bond acceptors (Lipinski definition) is 6. The number of hydrogen-bond donors (Lipinski definition) is 1. The Hall–Kier alpha value is -4.05. The predicted molar refractivity (Wildman–Crippen MR) is 133 cm³/mol. The molecule has 180 valence electrons. The van der Waals surface area contributed by atoms with E-state index in [9.17, 15) is 9.59 Å². The summed E-state index contributed by atoms with van der Waals surface area (Å²) in [4.78, 5) is 34.2. The molecule has 0 unspecified atom stereocenters. The Balaban J connectivity index is 1.28. The third-order valence-corrected chi connectivity index (χ3v) is 6.23. The largest absolute Gasteiger partial charge is 0.339 e. The molecule has 1 fully saturated rings. The molecule has 4 heterocycles. The van der Waals surface area contributed by atoms with Crippen molar-refractivity contribution in [3.8, 4) is 11.3 Å². The number of anilines is 1. The van der Waals surface area contributed by atoms with Gasteiger partial charge in [0.1, 0.15) is 12.2 Å². The molecule has 0 bridgehead atoms. The molecule has 10 nitrogen and oxygen atoms in total. The molecule has 1 aromatic carbocycles. The first-order chi connectivity index (χ1) is 16.9. The van der Waals surface area contributed by atoms with Gasteiger partial charge in [0.05, 0.1) is 16.9 Å². The first-order valence-electron chi connectivity index (χ1n) is 11.6. The molecular weight excluding hydrogens is 444 g/mol. The van der Waals surface area contributed by atoms with Crippen molar-refractivity contribution in [3.05, 3.63) is 60.2 Å². The lowest BCUT2D eigenvalue weighted by Gasteiger charge is -2.32. The Bertz CT molecular complexity index is 1400. The number of benzene rings is 1. The van der Waals surface area contributed by atoms with Gasteiger partial charge in [0.25, 0.3) is 5.91 Å². The fraction of sp³-hybridized carbons (Fsp3) is 0.320. The van der Waals surface area contributed by atoms with Gasteiger partial charge in [-0.25, -0.2) is 4.98 Å². The Morgan fingerprint density at radius 2 is 1.80 bits per heavy atom. The van der Waals surface area contributed by atoms with Crippen molar-refractivity contribution in [3.63, 3.8) is 0 Å². The molecule has 0 spiro atoms. The first kappa shape index (κ1) is 22.7. The molecule has 1 saturated heterocycles. The van der Waals surface area contributed by atoms with E-state index < -0.39 is 0 Å². The molecular formula is C25H28N8O2. The average molecular weight is 473 g/mol. The summed E-state index contributed by atoms with van der Waals surface area (Å²) in [5.41, 5.74) is 4.16. The van der Waals surface area contributed by atoms with Crippen LogP contribution in [0.15, 0.2) is 48.8 Å². The second-order valence-electron chi connectivity index (χ2n) is 8.95. The Morgan fingerprint density at radius 3 is 2.54 bits per heavy atom. The maximum Gasteiger partial charge on any atom is 0.274 e. The highest BCUT2D eigenvalue weighted by Gasteiger charge is 2.20. The number of nitrogens with one attached hydrogen (secondary N) is 1. The summed E-state index contributed by atoms with van der Waals surface area (Å²) in [5.74, 6) is -0.236. The number of amides is 2. The van der Waals surface area contributed by atoms with Crippen molar-refractivity contribution in [2.75, 3.05) is 38.5 Å². The molecule has 1 aliphatic heterocycles. The van der Waals surface area contributed by atoms with E-state index in [1.54, 1.807) is 21.5 Å². The smallest absolute Gasteiger partial charge is 0.274 e. The van der Waals surface area contributed by atoms with Gasteiger partial charge in [-0.3, -0.25) is 19.0 Å². The van der Waals surface area contributed by atoms with Crippen LogP contribution in [0.2, 0.25) is 0 Å². The minimum Gasteiger partial charge on any atom is -0.339 e. The molecule has 1 N–H and O–H groups in total. The standard InChI is InChI=1S/C25H28N8O2/c1-17-20(15-31(3)28-17)22-5-4-6-23(27-22)25(35)26-19-7-8-21-18(13-19)14-33(29-21)16-24(34)32-11-9-30(2)10-12-32/h4-8,13-15H,9-12,16H2,1-3H3,(H,26,35). The molecule has 0 saturated carbocycles. The minimum absolute atomic E-state index is 0.0641. The molecule has 35 heavy (non-hydrogen) atoms. The van der Waals surface area contributed by atoms with Crippen LogP contribution >= 0.6 is 0 Å². The van der Waals surface area contributed by atoms with Gasteiger partial charge in [-0.2, -0.15) is 10.2 Å². The minimum atomic E-state index is -0.301. The first-order valence-corrected chi connectivity index (χ1v) is 11.6. The van der Waals surface area contributed by atoms with Gasteiger partial charge in [-0.1, -0.05) is 6.07 Å². The lowest BCUT2D eigenvalue weighted by molar-refractivity contribution is -0.133. The third kappa shape index (κ3) is 4.92. The SMILES string of the molecule is Cc1nn(C)cc1-c1cccc(C(=O)Nc2ccc3nn(CC(=O)N4CCN(C)CC4)cc3c2)n1. The van der Waals surface area contributed by atoms with Gasteiger partial charge in [-0.05, 0) is 44.3 Å². The summed E-state index contributed by atoms with van der Waals surface area (Å²) in [6.07, 6.45) is 3.72. The number of aromatic nitrogens is 5. The number of piperazine rings is 1. The van der Waals surface area contributed by atoms with Crippen LogP contribution in [0.25, 0.3) is 22.2 Å². The lowest BCUT2D eigenvalue weighted by Crippen LogP contribution is -2.48. The van der Waals surface area contributed by atoms with Gasteiger partial charge in [0.2, 0.25) is 5.91 Å². The molecule has 0 atom stereocenters. The van der Waals surface area contributed by atoms with E-state index in [2.05, 4.69) is 32.4 Å². The Labute approximate surface area is 203 Å². The molecule has 0 radical (unpaired) electrons. The van der Waals surface area contributed by atoms with Crippen molar-refractivity contribution in [2.45, 2.75) is 13.5 Å². The van der Waals surface area contributed by atoms with Crippen LogP contribution in [0.5, 0.6) is 0 Å². The molecule has 5 rings (SSSR count). The summed E-state index contributed by atoms with van der Waals surface area (Å²) in [5, 5.41) is 12.6. The van der Waals surface area contributed by atoms with Crippen LogP contribution in [-0.2, 0) is 18.4 Å². The number of nitrogens with zero attached hydrogens (tertiary/aromatic N) is 7. The summed E-state index contributed by atoms with van der Waals surface area (Å²) in [6, 6.07) is 10.9. The number of rotatable bonds is 5. The summed E-state index contributed by atoms with van der Waals surface area (Å²) in [7, 11) is 3.92. The maximum absolute atomic E-state index is 12.9. The fourth-order valence-electron chi connectivity index (χ4n) is 4.29. The molecule has 1 aliphatic rings. The van der Waals surface area contributed by atoms with Gasteiger partial charge < -0.3 is 15.1 Å². The van der Waals surface area contributed by atoms with Gasteiger partial charge in [0, 0.05) is 62.3 Å². The van der Waals surface area contributed by atoms with Gasteiger partial charge >= 0.3 is 0 Å². The summed E-state index contributed by atoms with van der Waals surface area (Å²) < 4.78 is 3.39. The second-order valence-corrected chi connectivity index (χ2v) is 8.95. The zero-order valence-corrected chi connectivity index (χ0v) is 20.1. The van der Waals surface area contributed by atoms with Gasteiger partial charge in [-0.15, -0.1) is 0 Å². The highest BCUT2D eigenvalue weighted by Crippen LogP contribution is 2.22. The monoisotopic (exact) mass is 472 g/mol. The van der Waals surface area contributed by atoms with E-state index in [1.165, 1.54) is 0 Å². The van der Waals surface area contributed by atoms with Gasteiger partial charge in [0.15, 0.2) is 0 Å². The summed E-state index contributed by atoms with van der Waals surface area (Å²) >= 11 is 0. The van der Waals surface area contributed by atoms with Crippen LogP contribution < -0.4 is 5.32 Å². The van der Waals surface area contributed by atoms with Crippen LogP contribution in [0, 0.1) is 6.92 Å². The van der Waals surface area contributed by atoms with Crippen molar-refractivity contribution in [1.29, 1.82) is 0 Å². The van der Waals surface area contributed by atoms with Crippen molar-refractivity contribution in [1.82, 2.24) is 34.3 Å². The zero-order chi connectivity index (χ0) is 24.5. The third-order valence-electron chi connectivity index (χ3n) is 6.23. The number of fused-ring (bicyclic) bond motifs is 1. The lowest BCUT2D eigenvalue weighted by atomic mass is 10.1. The number of pyridine rings is 1. The van der Waals surface area contributed by atoms with E-state index in [4.69, 9.17) is 0 Å². The quantitative estimate of drug-likeness (QED) is 0.478. The molecule has 2 amide bonds. The number of likely N-dealkylation sites (N-methyl/N-ethyl adjacent to an activating group) is 1. The fourth-order valence-corrected chi connectivity index (χ4v) is 4.29. The zero-order valence-electron chi connectivity index (χ0n) is 20.1. The second kappa shape index (κ2) is 9.30. The molecule has 3 aromatic heterocycles.